The first-order chi connectivity index (χ1) is 28.5. The minimum absolute atomic E-state index is 0.0503. The molecule has 0 unspecified atom stereocenters. The first-order valence-corrected chi connectivity index (χ1v) is 21.3. The van der Waals surface area contributed by atoms with Gasteiger partial charge in [0.25, 0.3) is 0 Å². The van der Waals surface area contributed by atoms with Crippen LogP contribution in [0.15, 0.2) is 170 Å². The van der Waals surface area contributed by atoms with Crippen LogP contribution in [0.5, 0.6) is 0 Å². The topological polar surface area (TPSA) is 0 Å². The van der Waals surface area contributed by atoms with E-state index in [1.165, 1.54) is 122 Å². The van der Waals surface area contributed by atoms with Gasteiger partial charge in [0.1, 0.15) is 0 Å². The molecule has 3 aliphatic rings. The van der Waals surface area contributed by atoms with E-state index in [4.69, 9.17) is 0 Å². The molecule has 12 rings (SSSR count). The molecule has 9 aromatic carbocycles. The number of hydrogen-bond acceptors (Lipinski definition) is 0. The predicted molar refractivity (Wildman–Crippen MR) is 250 cm³/mol. The Morgan fingerprint density at radius 2 is 0.661 bits per heavy atom. The lowest BCUT2D eigenvalue weighted by atomic mass is 9.72. The van der Waals surface area contributed by atoms with Crippen LogP contribution in [0.25, 0.3) is 88.3 Å². The van der Waals surface area contributed by atoms with Crippen molar-refractivity contribution in [2.75, 3.05) is 0 Å². The van der Waals surface area contributed by atoms with E-state index in [0.717, 1.165) is 0 Å². The van der Waals surface area contributed by atoms with Gasteiger partial charge >= 0.3 is 0 Å². The summed E-state index contributed by atoms with van der Waals surface area (Å²) in [6, 6.07) is 64.4. The molecule has 0 aliphatic heterocycles. The SMILES string of the molecule is CC1(C)c2ccc(-c3ccc4c(c3)C(C)(C)c3c-4ccc4c3C(C)(C)c3ccccc3-4)cc2-c2ccc(-c3c4ccccc4c(-c4ccccc4)c4ccccc34)cc21. The average Bonchev–Trinajstić information content (AvgIpc) is 3.74. The number of fused-ring (bicyclic) bond motifs is 12. The highest BCUT2D eigenvalue weighted by atomic mass is 14.5. The monoisotopic (exact) mass is 754 g/mol. The van der Waals surface area contributed by atoms with Gasteiger partial charge in [0, 0.05) is 16.2 Å². The molecule has 0 heteroatoms. The summed E-state index contributed by atoms with van der Waals surface area (Å²) in [5.74, 6) is 0. The highest BCUT2D eigenvalue weighted by molar-refractivity contribution is 6.21. The van der Waals surface area contributed by atoms with Gasteiger partial charge in [-0.1, -0.05) is 193 Å². The van der Waals surface area contributed by atoms with Gasteiger partial charge in [0.2, 0.25) is 0 Å². The third kappa shape index (κ3) is 4.55. The van der Waals surface area contributed by atoms with E-state index in [9.17, 15) is 0 Å². The molecule has 59 heavy (non-hydrogen) atoms. The summed E-state index contributed by atoms with van der Waals surface area (Å²) in [5.41, 5.74) is 24.3. The van der Waals surface area contributed by atoms with E-state index < -0.39 is 0 Å². The second-order valence-electron chi connectivity index (χ2n) is 18.8. The van der Waals surface area contributed by atoms with Crippen molar-refractivity contribution < 1.29 is 0 Å². The van der Waals surface area contributed by atoms with Crippen molar-refractivity contribution >= 4 is 21.5 Å². The van der Waals surface area contributed by atoms with Crippen molar-refractivity contribution in [2.45, 2.75) is 57.8 Å². The Bertz CT molecular complexity index is 3220. The smallest absolute Gasteiger partial charge is 0.0162 e. The van der Waals surface area contributed by atoms with Crippen LogP contribution in [0.3, 0.4) is 0 Å². The molecule has 0 saturated carbocycles. The molecule has 0 saturated heterocycles. The highest BCUT2D eigenvalue weighted by Crippen LogP contribution is 2.60. The minimum Gasteiger partial charge on any atom is -0.0622 e. The number of hydrogen-bond donors (Lipinski definition) is 0. The summed E-state index contributed by atoms with van der Waals surface area (Å²) in [4.78, 5) is 0. The summed E-state index contributed by atoms with van der Waals surface area (Å²) in [5, 5.41) is 5.17. The molecular weight excluding hydrogens is 709 g/mol. The second kappa shape index (κ2) is 11.8. The molecule has 0 amide bonds. The van der Waals surface area contributed by atoms with Crippen LogP contribution >= 0.6 is 0 Å². The van der Waals surface area contributed by atoms with Crippen LogP contribution in [0.1, 0.15) is 74.9 Å². The molecule has 0 radical (unpaired) electrons. The first-order valence-electron chi connectivity index (χ1n) is 21.3. The molecular formula is C59H46. The molecule has 0 bridgehead atoms. The maximum absolute atomic E-state index is 2.50. The number of rotatable bonds is 3. The molecule has 0 heterocycles. The third-order valence-electron chi connectivity index (χ3n) is 14.6. The van der Waals surface area contributed by atoms with Gasteiger partial charge < -0.3 is 0 Å². The standard InChI is InChI=1S/C59H46/c1-57(2)50-31-26-36(37-24-27-40-47-30-29-46-39-18-14-15-23-49(39)58(3,4)55(46)56(47)59(5,6)52(40)33-37)32-48(50)41-28-25-38(34-51(41)57)54-44-21-12-10-19-42(44)53(35-16-8-7-9-17-35)43-20-11-13-22-45(43)54/h7-34H,1-6H3. The Labute approximate surface area is 347 Å². The van der Waals surface area contributed by atoms with E-state index in [0.29, 0.717) is 0 Å². The molecule has 3 aliphatic carbocycles. The van der Waals surface area contributed by atoms with E-state index >= 15 is 0 Å². The lowest BCUT2D eigenvalue weighted by Gasteiger charge is -2.30. The minimum atomic E-state index is -0.138. The zero-order valence-corrected chi connectivity index (χ0v) is 34.7. The molecule has 0 aromatic heterocycles. The van der Waals surface area contributed by atoms with Gasteiger partial charge in [-0.2, -0.15) is 0 Å². The van der Waals surface area contributed by atoms with E-state index in [1.807, 2.05) is 0 Å². The summed E-state index contributed by atoms with van der Waals surface area (Å²) in [6.45, 7) is 14.5. The lowest BCUT2D eigenvalue weighted by Crippen LogP contribution is -2.24. The Balaban J connectivity index is 0.972. The van der Waals surface area contributed by atoms with Crippen molar-refractivity contribution in [3.63, 3.8) is 0 Å². The maximum atomic E-state index is 2.50. The van der Waals surface area contributed by atoms with Gasteiger partial charge in [-0.3, -0.25) is 0 Å². The summed E-state index contributed by atoms with van der Waals surface area (Å²) >= 11 is 0. The van der Waals surface area contributed by atoms with Crippen LogP contribution in [0.2, 0.25) is 0 Å². The summed E-state index contributed by atoms with van der Waals surface area (Å²) in [6.07, 6.45) is 0. The van der Waals surface area contributed by atoms with Gasteiger partial charge in [0.15, 0.2) is 0 Å². The summed E-state index contributed by atoms with van der Waals surface area (Å²) in [7, 11) is 0. The van der Waals surface area contributed by atoms with Gasteiger partial charge in [-0.25, -0.2) is 0 Å². The Hall–Kier alpha value is -6.50. The molecule has 0 N–H and O–H groups in total. The van der Waals surface area contributed by atoms with Crippen LogP contribution in [0, 0.1) is 0 Å². The van der Waals surface area contributed by atoms with Gasteiger partial charge in [-0.15, -0.1) is 0 Å². The predicted octanol–water partition coefficient (Wildman–Crippen LogP) is 15.9. The molecule has 9 aromatic rings. The van der Waals surface area contributed by atoms with Crippen molar-refractivity contribution in [1.82, 2.24) is 0 Å². The summed E-state index contributed by atoms with van der Waals surface area (Å²) < 4.78 is 0. The van der Waals surface area contributed by atoms with Crippen LogP contribution in [0.4, 0.5) is 0 Å². The zero-order valence-electron chi connectivity index (χ0n) is 34.7. The van der Waals surface area contributed by atoms with E-state index in [-0.39, 0.29) is 16.2 Å². The Morgan fingerprint density at radius 3 is 1.31 bits per heavy atom. The van der Waals surface area contributed by atoms with E-state index in [2.05, 4.69) is 211 Å². The van der Waals surface area contributed by atoms with Crippen molar-refractivity contribution in [3.05, 3.63) is 203 Å². The first kappa shape index (κ1) is 34.5. The van der Waals surface area contributed by atoms with Crippen molar-refractivity contribution in [2.24, 2.45) is 0 Å². The van der Waals surface area contributed by atoms with Crippen molar-refractivity contribution in [3.8, 4) is 66.8 Å². The molecule has 282 valence electrons. The third-order valence-corrected chi connectivity index (χ3v) is 14.6. The van der Waals surface area contributed by atoms with Crippen LogP contribution in [-0.4, -0.2) is 0 Å². The largest absolute Gasteiger partial charge is 0.0622 e. The zero-order chi connectivity index (χ0) is 40.0. The fraction of sp³-hybridized carbons (Fsp3) is 0.153. The number of benzene rings is 9. The molecule has 0 nitrogen and oxygen atoms in total. The Morgan fingerprint density at radius 1 is 0.254 bits per heavy atom. The quantitative estimate of drug-likeness (QED) is 0.158. The molecule has 0 spiro atoms. The molecule has 0 atom stereocenters. The normalized spacial score (nSPS) is 15.7. The molecule has 0 fully saturated rings. The van der Waals surface area contributed by atoms with Crippen LogP contribution < -0.4 is 0 Å². The highest BCUT2D eigenvalue weighted by Gasteiger charge is 2.46. The van der Waals surface area contributed by atoms with Crippen LogP contribution in [-0.2, 0) is 16.2 Å². The van der Waals surface area contributed by atoms with Crippen molar-refractivity contribution in [1.29, 1.82) is 0 Å². The van der Waals surface area contributed by atoms with Gasteiger partial charge in [0.05, 0.1) is 0 Å². The average molecular weight is 755 g/mol. The van der Waals surface area contributed by atoms with Gasteiger partial charge in [-0.05, 0) is 140 Å². The Kier molecular flexibility index (Phi) is 6.91. The second-order valence-corrected chi connectivity index (χ2v) is 18.8. The lowest BCUT2D eigenvalue weighted by molar-refractivity contribution is 0.601. The fourth-order valence-electron chi connectivity index (χ4n) is 11.8. The fourth-order valence-corrected chi connectivity index (χ4v) is 11.8. The maximum Gasteiger partial charge on any atom is 0.0162 e. The van der Waals surface area contributed by atoms with E-state index in [1.54, 1.807) is 0 Å².